The number of halogens is 2. The van der Waals surface area contributed by atoms with Crippen molar-refractivity contribution in [1.82, 2.24) is 0 Å². The molecule has 0 saturated heterocycles. The Hall–Kier alpha value is -7.41. The highest BCUT2D eigenvalue weighted by Crippen LogP contribution is 2.38. The summed E-state index contributed by atoms with van der Waals surface area (Å²) in [5, 5.41) is 41.0. The van der Waals surface area contributed by atoms with Crippen LogP contribution < -0.4 is 29.6 Å². The molecule has 21 nitrogen and oxygen atoms in total. The zero-order valence-electron chi connectivity index (χ0n) is 38.9. The number of nitrogens with one attached hydrogen (secondary N) is 2. The van der Waals surface area contributed by atoms with E-state index in [2.05, 4.69) is 51.5 Å². The fraction of sp³-hybridized carbons (Fsp3) is 0.213. The Morgan fingerprint density at radius 3 is 1.21 bits per heavy atom. The molecule has 25 heteroatoms. The molecule has 0 saturated carbocycles. The van der Waals surface area contributed by atoms with Crippen molar-refractivity contribution in [1.29, 1.82) is 0 Å². The number of ether oxygens (including phenoxy) is 4. The number of methoxy groups -OCH3 is 2. The molecule has 6 aromatic carbocycles. The predicted molar refractivity (Wildman–Crippen MR) is 274 cm³/mol. The largest absolute Gasteiger partial charge is 0.494 e. The first-order valence-corrected chi connectivity index (χ1v) is 25.4. The summed E-state index contributed by atoms with van der Waals surface area (Å²) >= 11 is 12.2. The van der Waals surface area contributed by atoms with Crippen LogP contribution in [-0.2, 0) is 20.2 Å². The van der Waals surface area contributed by atoms with Crippen LogP contribution in [0.2, 0.25) is 10.0 Å². The lowest BCUT2D eigenvalue weighted by molar-refractivity contribution is 0.262. The summed E-state index contributed by atoms with van der Waals surface area (Å²) in [5.74, 6) is 0.398. The van der Waals surface area contributed by atoms with E-state index in [1.165, 1.54) is 26.4 Å². The number of benzene rings is 6. The van der Waals surface area contributed by atoms with Gasteiger partial charge in [-0.15, -0.1) is 20.5 Å². The minimum absolute atomic E-state index is 0.00268. The average Bonchev–Trinajstić information content (AvgIpc) is 3.32. The third-order valence-electron chi connectivity index (χ3n) is 9.77. The van der Waals surface area contributed by atoms with Gasteiger partial charge in [0.2, 0.25) is 0 Å². The zero-order valence-corrected chi connectivity index (χ0v) is 42.0. The molecule has 72 heavy (non-hydrogen) atoms. The van der Waals surface area contributed by atoms with Gasteiger partial charge in [0.05, 0.1) is 61.7 Å². The standard InChI is InChI=1S/C47H46Cl2N10O11S2/c1-29-23-33(9-15-37(29)54-58-39-17-11-35(27-43(39)67-3)52-56-41-13-7-31(48)25-45(41)69-19-5-21-71(61,62)63)50-47(60)51-34-10-16-38(30(2)24-34)55-59-40-18-12-36(28-44(40)68-4)53-57-42-14-8-32(49)26-46(42)70-20-6-22-72(64,65)66/h7-18,23-28H,5-6,19-22H2,1-4H3,(H2,50,51,60)(H,61,62,63)(H,64,65,66). The Balaban J connectivity index is 1.03. The van der Waals surface area contributed by atoms with E-state index in [9.17, 15) is 21.6 Å². The van der Waals surface area contributed by atoms with Crippen molar-refractivity contribution in [2.75, 3.05) is 49.6 Å². The van der Waals surface area contributed by atoms with Gasteiger partial charge < -0.3 is 29.6 Å². The third kappa shape index (κ3) is 16.9. The van der Waals surface area contributed by atoms with Crippen LogP contribution >= 0.6 is 23.2 Å². The number of rotatable bonds is 22. The molecule has 0 bridgehead atoms. The van der Waals surface area contributed by atoms with Crippen molar-refractivity contribution >= 4 is 106 Å². The fourth-order valence-corrected chi connectivity index (χ4v) is 7.55. The number of anilines is 2. The molecule has 0 atom stereocenters. The van der Waals surface area contributed by atoms with E-state index in [1.54, 1.807) is 97.1 Å². The highest BCUT2D eigenvalue weighted by molar-refractivity contribution is 7.86. The van der Waals surface area contributed by atoms with E-state index >= 15 is 0 Å². The van der Waals surface area contributed by atoms with Gasteiger partial charge in [-0.2, -0.15) is 37.3 Å². The fourth-order valence-electron chi connectivity index (χ4n) is 6.26. The number of hydrogen-bond donors (Lipinski definition) is 4. The minimum atomic E-state index is -4.12. The van der Waals surface area contributed by atoms with Gasteiger partial charge in [0.25, 0.3) is 20.2 Å². The normalized spacial score (nSPS) is 12.0. The van der Waals surface area contributed by atoms with Gasteiger partial charge in [-0.3, -0.25) is 9.11 Å². The smallest absolute Gasteiger partial charge is 0.323 e. The maximum Gasteiger partial charge on any atom is 0.323 e. The first-order valence-electron chi connectivity index (χ1n) is 21.4. The SMILES string of the molecule is COc1cc(N=Nc2ccc(Cl)cc2OCCCS(=O)(=O)O)ccc1N=Nc1ccc(NC(=O)Nc2ccc(N=Nc3ccc(N=Nc4ccc(Cl)cc4OCCCS(=O)(=O)O)cc3OC)c(C)c2)cc1C. The lowest BCUT2D eigenvalue weighted by atomic mass is 10.2. The summed E-state index contributed by atoms with van der Waals surface area (Å²) in [6.45, 7) is 3.65. The topological polar surface area (TPSA) is 286 Å². The molecule has 0 aliphatic heterocycles. The number of urea groups is 1. The molecule has 0 spiro atoms. The molecule has 4 N–H and O–H groups in total. The molecule has 376 valence electrons. The number of hydrogen-bond acceptors (Lipinski definition) is 17. The maximum absolute atomic E-state index is 13.0. The van der Waals surface area contributed by atoms with Gasteiger partial charge in [0, 0.05) is 45.7 Å². The van der Waals surface area contributed by atoms with Gasteiger partial charge in [0.15, 0.2) is 0 Å². The summed E-state index contributed by atoms with van der Waals surface area (Å²) in [4.78, 5) is 13.0. The van der Waals surface area contributed by atoms with Crippen LogP contribution in [0.1, 0.15) is 24.0 Å². The van der Waals surface area contributed by atoms with E-state index in [4.69, 9.17) is 51.3 Å². The average molecular weight is 1060 g/mol. The van der Waals surface area contributed by atoms with Crippen LogP contribution in [0, 0.1) is 13.8 Å². The highest BCUT2D eigenvalue weighted by Gasteiger charge is 2.13. The lowest BCUT2D eigenvalue weighted by Gasteiger charge is -2.10. The molecule has 6 rings (SSSR count). The second-order valence-corrected chi connectivity index (χ2v) is 19.3. The van der Waals surface area contributed by atoms with Crippen molar-refractivity contribution in [2.45, 2.75) is 26.7 Å². The van der Waals surface area contributed by atoms with Crippen molar-refractivity contribution in [3.05, 3.63) is 130 Å². The molecule has 0 radical (unpaired) electrons. The molecule has 6 aromatic rings. The maximum atomic E-state index is 13.0. The molecule has 0 aliphatic rings. The van der Waals surface area contributed by atoms with Crippen molar-refractivity contribution < 1.29 is 49.7 Å². The van der Waals surface area contributed by atoms with E-state index in [0.717, 1.165) is 11.1 Å². The molecule has 2 amide bonds. The highest BCUT2D eigenvalue weighted by atomic mass is 35.5. The Morgan fingerprint density at radius 2 is 0.833 bits per heavy atom. The second kappa shape index (κ2) is 25.1. The van der Waals surface area contributed by atoms with Crippen molar-refractivity contribution in [3.8, 4) is 23.0 Å². The van der Waals surface area contributed by atoms with Crippen LogP contribution in [0.15, 0.2) is 150 Å². The number of nitrogens with zero attached hydrogens (tertiary/aromatic N) is 8. The summed E-state index contributed by atoms with van der Waals surface area (Å²) < 4.78 is 84.4. The van der Waals surface area contributed by atoms with Gasteiger partial charge in [0.1, 0.15) is 45.7 Å². The van der Waals surface area contributed by atoms with Crippen molar-refractivity contribution in [2.24, 2.45) is 40.9 Å². The summed E-state index contributed by atoms with van der Waals surface area (Å²) in [7, 11) is -5.28. The molecule has 0 fully saturated rings. The number of aryl methyl sites for hydroxylation is 2. The van der Waals surface area contributed by atoms with Gasteiger partial charge in [-0.25, -0.2) is 4.79 Å². The third-order valence-corrected chi connectivity index (χ3v) is 11.8. The molecule has 0 aromatic heterocycles. The van der Waals surface area contributed by atoms with Gasteiger partial charge in [-0.05, 0) is 123 Å². The van der Waals surface area contributed by atoms with Crippen LogP contribution in [0.4, 0.5) is 61.7 Å². The predicted octanol–water partition coefficient (Wildman–Crippen LogP) is 14.2. The molecule has 0 aliphatic carbocycles. The molecular weight excluding hydrogens is 1020 g/mol. The number of carbonyl (C=O) groups excluding carboxylic acids is 1. The lowest BCUT2D eigenvalue weighted by Crippen LogP contribution is -2.19. The van der Waals surface area contributed by atoms with Crippen LogP contribution in [0.3, 0.4) is 0 Å². The number of amides is 2. The molecular formula is C47H46Cl2N10O11S2. The van der Waals surface area contributed by atoms with E-state index < -0.39 is 37.8 Å². The van der Waals surface area contributed by atoms with E-state index in [0.29, 0.717) is 78.4 Å². The second-order valence-electron chi connectivity index (χ2n) is 15.3. The zero-order chi connectivity index (χ0) is 51.8. The summed E-state index contributed by atoms with van der Waals surface area (Å²) in [6, 6.07) is 29.2. The van der Waals surface area contributed by atoms with Gasteiger partial charge in [-0.1, -0.05) is 23.2 Å². The van der Waals surface area contributed by atoms with Crippen LogP contribution in [0.5, 0.6) is 23.0 Å². The monoisotopic (exact) mass is 1060 g/mol. The minimum Gasteiger partial charge on any atom is -0.494 e. The van der Waals surface area contributed by atoms with Crippen LogP contribution in [0.25, 0.3) is 0 Å². The van der Waals surface area contributed by atoms with E-state index in [1.807, 2.05) is 13.8 Å². The Bertz CT molecular complexity index is 3070. The quantitative estimate of drug-likeness (QED) is 0.0282. The molecule has 0 heterocycles. The Morgan fingerprint density at radius 1 is 0.486 bits per heavy atom. The first kappa shape index (κ1) is 53.9. The van der Waals surface area contributed by atoms with Crippen LogP contribution in [-0.4, -0.2) is 70.9 Å². The molecule has 0 unspecified atom stereocenters. The first-order chi connectivity index (χ1) is 34.3. The van der Waals surface area contributed by atoms with E-state index in [-0.39, 0.29) is 37.6 Å². The summed E-state index contributed by atoms with van der Waals surface area (Å²) in [6.07, 6.45) is 0.115. The summed E-state index contributed by atoms with van der Waals surface area (Å²) in [5.41, 5.74) is 5.96. The number of azo groups is 4. The number of carbonyl (C=O) groups is 1. The Kier molecular flexibility index (Phi) is 18.8. The van der Waals surface area contributed by atoms with Crippen molar-refractivity contribution in [3.63, 3.8) is 0 Å². The van der Waals surface area contributed by atoms with Gasteiger partial charge >= 0.3 is 6.03 Å². The Labute approximate surface area is 424 Å².